The predicted octanol–water partition coefficient (Wildman–Crippen LogP) is 2.78. The molecule has 1 fully saturated rings. The number of carbonyl (C=O) groups excluding carboxylic acids is 1. The Balaban J connectivity index is 1.44. The molecule has 1 amide bonds. The van der Waals surface area contributed by atoms with E-state index in [2.05, 4.69) is 27.7 Å². The molecule has 1 aromatic heterocycles. The molecular formula is C17H19F2N3OS. The highest BCUT2D eigenvalue weighted by atomic mass is 32.1. The summed E-state index contributed by atoms with van der Waals surface area (Å²) in [5.74, 6) is -1.70. The number of piperazine rings is 1. The fourth-order valence-corrected chi connectivity index (χ4v) is 3.46. The molecule has 7 heteroatoms. The van der Waals surface area contributed by atoms with Crippen LogP contribution >= 0.6 is 11.3 Å². The molecule has 1 aliphatic rings. The van der Waals surface area contributed by atoms with Gasteiger partial charge in [-0.05, 0) is 23.6 Å². The lowest BCUT2D eigenvalue weighted by atomic mass is 10.2. The summed E-state index contributed by atoms with van der Waals surface area (Å²) in [4.78, 5) is 17.8. The van der Waals surface area contributed by atoms with E-state index in [1.165, 1.54) is 10.9 Å². The van der Waals surface area contributed by atoms with Gasteiger partial charge in [0, 0.05) is 43.7 Å². The van der Waals surface area contributed by atoms with Crippen molar-refractivity contribution in [2.45, 2.75) is 6.54 Å². The third-order valence-electron chi connectivity index (χ3n) is 4.00. The highest BCUT2D eigenvalue weighted by Gasteiger charge is 2.19. The van der Waals surface area contributed by atoms with Crippen molar-refractivity contribution in [1.82, 2.24) is 9.80 Å². The average Bonchev–Trinajstić information content (AvgIpc) is 3.05. The standard InChI is InChI=1S/C17H19F2N3OS/c18-13-3-4-16(15(19)10-13)20-17(23)12-22-7-5-21(6-8-22)11-14-2-1-9-24-14/h1-4,9-10H,5-8,11-12H2,(H,20,23). The third-order valence-corrected chi connectivity index (χ3v) is 4.86. The van der Waals surface area contributed by atoms with Crippen LogP contribution in [0.15, 0.2) is 35.7 Å². The summed E-state index contributed by atoms with van der Waals surface area (Å²) in [6.07, 6.45) is 0. The Morgan fingerprint density at radius 3 is 2.54 bits per heavy atom. The second kappa shape index (κ2) is 7.83. The van der Waals surface area contributed by atoms with E-state index >= 15 is 0 Å². The fraction of sp³-hybridized carbons (Fsp3) is 0.353. The number of hydrogen-bond donors (Lipinski definition) is 1. The minimum absolute atomic E-state index is 0.0118. The van der Waals surface area contributed by atoms with E-state index in [4.69, 9.17) is 0 Å². The quantitative estimate of drug-likeness (QED) is 0.900. The molecule has 128 valence electrons. The molecule has 1 aromatic carbocycles. The van der Waals surface area contributed by atoms with Crippen molar-refractivity contribution in [2.75, 3.05) is 38.0 Å². The molecule has 3 rings (SSSR count). The summed E-state index contributed by atoms with van der Waals surface area (Å²) in [6, 6.07) is 7.30. The Morgan fingerprint density at radius 1 is 1.12 bits per heavy atom. The van der Waals surface area contributed by atoms with E-state index in [1.807, 2.05) is 4.90 Å². The van der Waals surface area contributed by atoms with Crippen LogP contribution in [0.1, 0.15) is 4.88 Å². The van der Waals surface area contributed by atoms with Crippen LogP contribution in [0.4, 0.5) is 14.5 Å². The van der Waals surface area contributed by atoms with Crippen molar-refractivity contribution in [1.29, 1.82) is 0 Å². The molecule has 0 radical (unpaired) electrons. The number of rotatable bonds is 5. The molecule has 0 spiro atoms. The van der Waals surface area contributed by atoms with Gasteiger partial charge in [0.05, 0.1) is 12.2 Å². The van der Waals surface area contributed by atoms with Crippen LogP contribution in [0, 0.1) is 11.6 Å². The Kier molecular flexibility index (Phi) is 5.55. The molecule has 0 unspecified atom stereocenters. The molecule has 0 saturated carbocycles. The molecule has 24 heavy (non-hydrogen) atoms. The van der Waals surface area contributed by atoms with Gasteiger partial charge >= 0.3 is 0 Å². The van der Waals surface area contributed by atoms with Crippen LogP contribution in [-0.4, -0.2) is 48.4 Å². The summed E-state index contributed by atoms with van der Waals surface area (Å²) < 4.78 is 26.4. The predicted molar refractivity (Wildman–Crippen MR) is 91.0 cm³/mol. The van der Waals surface area contributed by atoms with E-state index in [1.54, 1.807) is 11.3 Å². The minimum Gasteiger partial charge on any atom is -0.322 e. The van der Waals surface area contributed by atoms with E-state index in [9.17, 15) is 13.6 Å². The first-order valence-corrected chi connectivity index (χ1v) is 8.70. The number of carbonyl (C=O) groups is 1. The van der Waals surface area contributed by atoms with Crippen molar-refractivity contribution in [3.8, 4) is 0 Å². The summed E-state index contributed by atoms with van der Waals surface area (Å²) >= 11 is 1.75. The molecular weight excluding hydrogens is 332 g/mol. The van der Waals surface area contributed by atoms with Gasteiger partial charge in [0.2, 0.25) is 5.91 Å². The van der Waals surface area contributed by atoms with Gasteiger partial charge in [-0.1, -0.05) is 6.07 Å². The van der Waals surface area contributed by atoms with Crippen molar-refractivity contribution in [3.05, 3.63) is 52.2 Å². The SMILES string of the molecule is O=C(CN1CCN(Cc2cccs2)CC1)Nc1ccc(F)cc1F. The van der Waals surface area contributed by atoms with Gasteiger partial charge in [0.15, 0.2) is 0 Å². The Bertz CT molecular complexity index is 685. The maximum Gasteiger partial charge on any atom is 0.238 e. The van der Waals surface area contributed by atoms with Gasteiger partial charge in [-0.3, -0.25) is 14.6 Å². The van der Waals surface area contributed by atoms with Crippen LogP contribution in [0.2, 0.25) is 0 Å². The number of nitrogens with one attached hydrogen (secondary N) is 1. The Morgan fingerprint density at radius 2 is 1.88 bits per heavy atom. The van der Waals surface area contributed by atoms with Crippen molar-refractivity contribution < 1.29 is 13.6 Å². The lowest BCUT2D eigenvalue weighted by Gasteiger charge is -2.34. The molecule has 1 aliphatic heterocycles. The summed E-state index contributed by atoms with van der Waals surface area (Å²) in [6.45, 7) is 4.55. The van der Waals surface area contributed by atoms with Gasteiger partial charge in [-0.25, -0.2) is 8.78 Å². The molecule has 0 aliphatic carbocycles. The highest BCUT2D eigenvalue weighted by Crippen LogP contribution is 2.16. The van der Waals surface area contributed by atoms with Gasteiger partial charge < -0.3 is 5.32 Å². The molecule has 0 atom stereocenters. The van der Waals surface area contributed by atoms with Crippen LogP contribution in [0.3, 0.4) is 0 Å². The average molecular weight is 351 g/mol. The first kappa shape index (κ1) is 17.0. The number of hydrogen-bond acceptors (Lipinski definition) is 4. The van der Waals surface area contributed by atoms with Crippen LogP contribution in [-0.2, 0) is 11.3 Å². The Labute approximate surface area is 143 Å². The second-order valence-corrected chi connectivity index (χ2v) is 6.84. The molecule has 1 N–H and O–H groups in total. The summed E-state index contributed by atoms with van der Waals surface area (Å²) in [7, 11) is 0. The topological polar surface area (TPSA) is 35.6 Å². The van der Waals surface area contributed by atoms with Gasteiger partial charge in [-0.15, -0.1) is 11.3 Å². The van der Waals surface area contributed by atoms with E-state index in [0.717, 1.165) is 44.9 Å². The fourth-order valence-electron chi connectivity index (χ4n) is 2.71. The van der Waals surface area contributed by atoms with E-state index < -0.39 is 11.6 Å². The zero-order chi connectivity index (χ0) is 16.9. The zero-order valence-corrected chi connectivity index (χ0v) is 14.0. The van der Waals surface area contributed by atoms with E-state index in [-0.39, 0.29) is 18.1 Å². The number of halogens is 2. The zero-order valence-electron chi connectivity index (χ0n) is 13.2. The van der Waals surface area contributed by atoms with Gasteiger partial charge in [0.1, 0.15) is 11.6 Å². The molecule has 1 saturated heterocycles. The largest absolute Gasteiger partial charge is 0.322 e. The maximum absolute atomic E-state index is 13.5. The van der Waals surface area contributed by atoms with Gasteiger partial charge in [0.25, 0.3) is 0 Å². The normalized spacial score (nSPS) is 16.2. The minimum atomic E-state index is -0.760. The third kappa shape index (κ3) is 4.59. The smallest absolute Gasteiger partial charge is 0.238 e. The highest BCUT2D eigenvalue weighted by molar-refractivity contribution is 7.09. The van der Waals surface area contributed by atoms with Crippen LogP contribution < -0.4 is 5.32 Å². The maximum atomic E-state index is 13.5. The van der Waals surface area contributed by atoms with Crippen molar-refractivity contribution >= 4 is 22.9 Å². The molecule has 2 heterocycles. The van der Waals surface area contributed by atoms with Crippen molar-refractivity contribution in [3.63, 3.8) is 0 Å². The number of anilines is 1. The van der Waals surface area contributed by atoms with Crippen LogP contribution in [0.5, 0.6) is 0 Å². The van der Waals surface area contributed by atoms with E-state index in [0.29, 0.717) is 0 Å². The monoisotopic (exact) mass is 351 g/mol. The molecule has 0 bridgehead atoms. The first-order chi connectivity index (χ1) is 11.6. The number of benzene rings is 1. The summed E-state index contributed by atoms with van der Waals surface area (Å²) in [5, 5.41) is 4.57. The lowest BCUT2D eigenvalue weighted by molar-refractivity contribution is -0.117. The molecule has 4 nitrogen and oxygen atoms in total. The number of amides is 1. The Hall–Kier alpha value is -1.83. The lowest BCUT2D eigenvalue weighted by Crippen LogP contribution is -2.48. The van der Waals surface area contributed by atoms with Crippen molar-refractivity contribution in [2.24, 2.45) is 0 Å². The number of thiophene rings is 1. The summed E-state index contributed by atoms with van der Waals surface area (Å²) in [5.41, 5.74) is 0.0118. The van der Waals surface area contributed by atoms with Gasteiger partial charge in [-0.2, -0.15) is 0 Å². The number of nitrogens with zero attached hydrogens (tertiary/aromatic N) is 2. The second-order valence-electron chi connectivity index (χ2n) is 5.80. The first-order valence-electron chi connectivity index (χ1n) is 7.82. The molecule has 2 aromatic rings. The van der Waals surface area contributed by atoms with Crippen LogP contribution in [0.25, 0.3) is 0 Å².